The van der Waals surface area contributed by atoms with Gasteiger partial charge in [0.05, 0.1) is 18.0 Å². The maximum absolute atomic E-state index is 13.9. The average Bonchev–Trinajstić information content (AvgIpc) is 2.93. The van der Waals surface area contributed by atoms with Gasteiger partial charge in [0.1, 0.15) is 11.7 Å². The normalized spacial score (nSPS) is 13.0. The molecule has 240 valence electrons. The second-order valence-corrected chi connectivity index (χ2v) is 11.9. The van der Waals surface area contributed by atoms with Gasteiger partial charge in [-0.25, -0.2) is 4.98 Å². The number of aryl methyl sites for hydroxylation is 2. The molecule has 0 aliphatic rings. The lowest BCUT2D eigenvalue weighted by Gasteiger charge is -2.26. The minimum atomic E-state index is -4.76. The lowest BCUT2D eigenvalue weighted by Crippen LogP contribution is -2.40. The third-order valence-electron chi connectivity index (χ3n) is 7.52. The van der Waals surface area contributed by atoms with Crippen molar-refractivity contribution < 1.29 is 27.9 Å². The fourth-order valence-electron chi connectivity index (χ4n) is 5.35. The SMILES string of the molecule is C#Cc1ncc(C(CC(=O)O)NC(=O)[C@H](CC(C)C)n2cc(CCN(C)C)c(C(F)(F)F)cc2=O)cc1-c1c(C)cccc1C. The van der Waals surface area contributed by atoms with E-state index in [2.05, 4.69) is 16.2 Å². The van der Waals surface area contributed by atoms with Gasteiger partial charge in [-0.15, -0.1) is 6.42 Å². The van der Waals surface area contributed by atoms with Crippen LogP contribution in [-0.4, -0.2) is 52.1 Å². The number of alkyl halides is 3. The van der Waals surface area contributed by atoms with E-state index < -0.39 is 47.7 Å². The van der Waals surface area contributed by atoms with E-state index in [0.717, 1.165) is 27.5 Å². The number of benzene rings is 1. The number of pyridine rings is 2. The number of carboxylic acid groups (broad SMARTS) is 1. The summed E-state index contributed by atoms with van der Waals surface area (Å²) >= 11 is 0. The van der Waals surface area contributed by atoms with E-state index in [0.29, 0.717) is 22.9 Å². The maximum atomic E-state index is 13.9. The standard InChI is InChI=1S/C34H39F3N4O4/c1-8-27-25(32-21(4)10-9-11-22(32)5)15-24(18-38-27)28(17-31(43)44)39-33(45)29(14-20(2)3)41-19-23(12-13-40(6)7)26(16-30(41)42)34(35,36)37/h1,9-11,15-16,18-20,28-29H,12-14,17H2,2-7H3,(H,39,45)(H,43,44)/t28?,29-/m0/s1. The summed E-state index contributed by atoms with van der Waals surface area (Å²) in [4.78, 5) is 45.1. The number of hydrogen-bond acceptors (Lipinski definition) is 5. The van der Waals surface area contributed by atoms with Crippen LogP contribution in [0.5, 0.6) is 0 Å². The zero-order valence-electron chi connectivity index (χ0n) is 26.3. The number of terminal acetylenes is 1. The summed E-state index contributed by atoms with van der Waals surface area (Å²) in [7, 11) is 3.44. The van der Waals surface area contributed by atoms with Crippen molar-refractivity contribution >= 4 is 11.9 Å². The quantitative estimate of drug-likeness (QED) is 0.256. The summed E-state index contributed by atoms with van der Waals surface area (Å²) in [5, 5.41) is 12.5. The smallest absolute Gasteiger partial charge is 0.416 e. The molecule has 0 aliphatic heterocycles. The van der Waals surface area contributed by atoms with Gasteiger partial charge in [0.2, 0.25) is 5.91 Å². The van der Waals surface area contributed by atoms with Crippen LogP contribution in [0.1, 0.15) is 72.3 Å². The number of amides is 1. The van der Waals surface area contributed by atoms with Crippen LogP contribution in [0.25, 0.3) is 11.1 Å². The average molecular weight is 625 g/mol. The van der Waals surface area contributed by atoms with Crippen LogP contribution >= 0.6 is 0 Å². The first-order valence-electron chi connectivity index (χ1n) is 14.6. The molecular formula is C34H39F3N4O4. The van der Waals surface area contributed by atoms with E-state index in [1.54, 1.807) is 25.1 Å². The number of aliphatic carboxylic acids is 1. The van der Waals surface area contributed by atoms with Gasteiger partial charge in [0, 0.05) is 30.6 Å². The molecular weight excluding hydrogens is 585 g/mol. The predicted octanol–water partition coefficient (Wildman–Crippen LogP) is 5.55. The molecule has 2 atom stereocenters. The summed E-state index contributed by atoms with van der Waals surface area (Å²) in [6, 6.07) is 5.67. The second-order valence-electron chi connectivity index (χ2n) is 11.9. The minimum Gasteiger partial charge on any atom is -0.481 e. The van der Waals surface area contributed by atoms with Gasteiger partial charge in [0.15, 0.2) is 0 Å². The molecule has 1 amide bonds. The summed E-state index contributed by atoms with van der Waals surface area (Å²) < 4.78 is 42.7. The molecule has 0 saturated heterocycles. The zero-order valence-corrected chi connectivity index (χ0v) is 26.3. The fraction of sp³-hybridized carbons (Fsp3) is 0.412. The first-order chi connectivity index (χ1) is 21.0. The van der Waals surface area contributed by atoms with Crippen LogP contribution in [0.2, 0.25) is 0 Å². The summed E-state index contributed by atoms with van der Waals surface area (Å²) in [6.07, 6.45) is 3.10. The lowest BCUT2D eigenvalue weighted by atomic mass is 9.92. The van der Waals surface area contributed by atoms with Crippen molar-refractivity contribution in [1.29, 1.82) is 0 Å². The topological polar surface area (TPSA) is 105 Å². The summed E-state index contributed by atoms with van der Waals surface area (Å²) in [5.74, 6) is 0.527. The second kappa shape index (κ2) is 14.6. The Morgan fingerprint density at radius 1 is 1.16 bits per heavy atom. The molecule has 0 aliphatic carbocycles. The summed E-state index contributed by atoms with van der Waals surface area (Å²) in [5.41, 5.74) is 1.85. The zero-order chi connectivity index (χ0) is 33.6. The van der Waals surface area contributed by atoms with Gasteiger partial charge in [-0.05, 0) is 86.5 Å². The molecule has 1 unspecified atom stereocenters. The van der Waals surface area contributed by atoms with Crippen LogP contribution in [0, 0.1) is 32.1 Å². The molecule has 3 rings (SSSR count). The van der Waals surface area contributed by atoms with Crippen LogP contribution < -0.4 is 10.9 Å². The molecule has 0 saturated carbocycles. The van der Waals surface area contributed by atoms with Gasteiger partial charge in [-0.1, -0.05) is 32.0 Å². The number of carbonyl (C=O) groups is 2. The van der Waals surface area contributed by atoms with Crippen LogP contribution in [0.3, 0.4) is 0 Å². The van der Waals surface area contributed by atoms with Crippen molar-refractivity contribution in [1.82, 2.24) is 19.8 Å². The Bertz CT molecular complexity index is 1630. The van der Waals surface area contributed by atoms with Crippen molar-refractivity contribution in [2.75, 3.05) is 20.6 Å². The van der Waals surface area contributed by atoms with Crippen molar-refractivity contribution in [3.8, 4) is 23.5 Å². The highest BCUT2D eigenvalue weighted by Gasteiger charge is 2.36. The minimum absolute atomic E-state index is 0.00588. The molecule has 2 N–H and O–H groups in total. The number of nitrogens with one attached hydrogen (secondary N) is 1. The largest absolute Gasteiger partial charge is 0.481 e. The van der Waals surface area contributed by atoms with Crippen molar-refractivity contribution in [2.45, 2.75) is 65.2 Å². The predicted molar refractivity (Wildman–Crippen MR) is 167 cm³/mol. The first kappa shape index (κ1) is 35.1. The van der Waals surface area contributed by atoms with Crippen molar-refractivity contribution in [2.24, 2.45) is 5.92 Å². The van der Waals surface area contributed by atoms with E-state index in [-0.39, 0.29) is 30.9 Å². The third kappa shape index (κ3) is 8.82. The number of rotatable bonds is 12. The molecule has 0 bridgehead atoms. The van der Waals surface area contributed by atoms with E-state index >= 15 is 0 Å². The van der Waals surface area contributed by atoms with E-state index in [1.807, 2.05) is 45.9 Å². The Labute approximate surface area is 261 Å². The third-order valence-corrected chi connectivity index (χ3v) is 7.52. The van der Waals surface area contributed by atoms with Gasteiger partial charge in [-0.2, -0.15) is 13.2 Å². The van der Waals surface area contributed by atoms with E-state index in [4.69, 9.17) is 6.42 Å². The number of carbonyl (C=O) groups excluding carboxylic acids is 1. The van der Waals surface area contributed by atoms with E-state index in [9.17, 15) is 32.7 Å². The molecule has 0 fully saturated rings. The number of halogens is 3. The first-order valence-corrected chi connectivity index (χ1v) is 14.6. The molecule has 8 nitrogen and oxygen atoms in total. The van der Waals surface area contributed by atoms with Crippen LogP contribution in [0.15, 0.2) is 47.5 Å². The molecule has 1 aromatic carbocycles. The number of nitrogens with zero attached hydrogens (tertiary/aromatic N) is 3. The number of hydrogen-bond donors (Lipinski definition) is 2. The molecule has 45 heavy (non-hydrogen) atoms. The van der Waals surface area contributed by atoms with Gasteiger partial charge < -0.3 is 19.9 Å². The Morgan fingerprint density at radius 3 is 2.33 bits per heavy atom. The molecule has 11 heteroatoms. The molecule has 0 radical (unpaired) electrons. The number of likely N-dealkylation sites (N-methyl/N-ethyl adjacent to an activating group) is 1. The highest BCUT2D eigenvalue weighted by Crippen LogP contribution is 2.34. The van der Waals surface area contributed by atoms with Crippen LogP contribution in [-0.2, 0) is 22.2 Å². The Balaban J connectivity index is 2.12. The number of aromatic nitrogens is 2. The highest BCUT2D eigenvalue weighted by molar-refractivity contribution is 5.82. The Morgan fingerprint density at radius 2 is 1.80 bits per heavy atom. The Hall–Kier alpha value is -4.43. The highest BCUT2D eigenvalue weighted by atomic mass is 19.4. The lowest BCUT2D eigenvalue weighted by molar-refractivity contribution is -0.139. The Kier molecular flexibility index (Phi) is 11.3. The molecule has 2 heterocycles. The maximum Gasteiger partial charge on any atom is 0.416 e. The number of carboxylic acids is 1. The monoisotopic (exact) mass is 624 g/mol. The van der Waals surface area contributed by atoms with E-state index in [1.165, 1.54) is 6.20 Å². The molecule has 0 spiro atoms. The van der Waals surface area contributed by atoms with Gasteiger partial charge in [0.25, 0.3) is 5.56 Å². The van der Waals surface area contributed by atoms with Crippen molar-refractivity contribution in [3.63, 3.8) is 0 Å². The van der Waals surface area contributed by atoms with Crippen LogP contribution in [0.4, 0.5) is 13.2 Å². The fourth-order valence-corrected chi connectivity index (χ4v) is 5.35. The summed E-state index contributed by atoms with van der Waals surface area (Å²) in [6.45, 7) is 7.74. The van der Waals surface area contributed by atoms with Gasteiger partial charge >= 0.3 is 12.1 Å². The molecule has 2 aromatic heterocycles. The van der Waals surface area contributed by atoms with Crippen molar-refractivity contribution in [3.05, 3.63) is 86.6 Å². The molecule has 3 aromatic rings. The van der Waals surface area contributed by atoms with Gasteiger partial charge in [-0.3, -0.25) is 14.4 Å².